The van der Waals surface area contributed by atoms with Gasteiger partial charge in [0.15, 0.2) is 0 Å². The molecular weight excluding hydrogens is 258 g/mol. The van der Waals surface area contributed by atoms with E-state index in [0.29, 0.717) is 12.0 Å². The number of nitrogens with one attached hydrogen (secondary N) is 2. The predicted molar refractivity (Wildman–Crippen MR) is 71.9 cm³/mol. The van der Waals surface area contributed by atoms with Gasteiger partial charge < -0.3 is 10.2 Å². The van der Waals surface area contributed by atoms with Crippen LogP contribution in [-0.4, -0.2) is 40.4 Å². The maximum absolute atomic E-state index is 11.6. The van der Waals surface area contributed by atoms with Crippen LogP contribution in [0.3, 0.4) is 0 Å². The summed E-state index contributed by atoms with van der Waals surface area (Å²) in [5.41, 5.74) is 1.00. The number of hydrogen-bond donors (Lipinski definition) is 2. The molecule has 2 aliphatic rings. The summed E-state index contributed by atoms with van der Waals surface area (Å²) in [6, 6.07) is 0.196. The summed E-state index contributed by atoms with van der Waals surface area (Å²) in [6.07, 6.45) is 5.95. The van der Waals surface area contributed by atoms with Gasteiger partial charge in [-0.1, -0.05) is 0 Å². The molecule has 0 radical (unpaired) electrons. The lowest BCUT2D eigenvalue weighted by molar-refractivity contribution is -0.132. The van der Waals surface area contributed by atoms with Gasteiger partial charge >= 0.3 is 0 Å². The normalized spacial score (nSPS) is 22.9. The van der Waals surface area contributed by atoms with E-state index in [1.165, 1.54) is 12.8 Å². The Bertz CT molecular complexity index is 526. The second-order valence-electron chi connectivity index (χ2n) is 5.26. The highest BCUT2D eigenvalue weighted by Crippen LogP contribution is 2.19. The summed E-state index contributed by atoms with van der Waals surface area (Å²) in [4.78, 5) is 33.2. The summed E-state index contributed by atoms with van der Waals surface area (Å²) < 4.78 is 0. The lowest BCUT2D eigenvalue weighted by Crippen LogP contribution is -2.57. The van der Waals surface area contributed by atoms with Crippen LogP contribution in [0.2, 0.25) is 0 Å². The van der Waals surface area contributed by atoms with Gasteiger partial charge in [-0.2, -0.15) is 0 Å². The van der Waals surface area contributed by atoms with Gasteiger partial charge in [-0.15, -0.1) is 0 Å². The van der Waals surface area contributed by atoms with Gasteiger partial charge in [-0.25, -0.2) is 9.97 Å². The minimum atomic E-state index is -0.442. The third-order valence-electron chi connectivity index (χ3n) is 3.54. The highest BCUT2D eigenvalue weighted by atomic mass is 16.2. The van der Waals surface area contributed by atoms with Crippen LogP contribution in [-0.2, 0) is 16.1 Å². The molecule has 0 bridgehead atoms. The fourth-order valence-corrected chi connectivity index (χ4v) is 2.10. The Labute approximate surface area is 116 Å². The molecule has 0 aromatic carbocycles. The first-order valence-corrected chi connectivity index (χ1v) is 6.78. The number of imide groups is 1. The first kappa shape index (κ1) is 13.0. The van der Waals surface area contributed by atoms with Crippen LogP contribution < -0.4 is 15.5 Å². The molecule has 2 fully saturated rings. The number of carbonyl (C=O) groups excluding carboxylic acids is 2. The first-order chi connectivity index (χ1) is 9.63. The second kappa shape index (κ2) is 5.16. The highest BCUT2D eigenvalue weighted by Gasteiger charge is 2.31. The number of anilines is 1. The van der Waals surface area contributed by atoms with Gasteiger partial charge in [0, 0.05) is 30.5 Å². The molecule has 1 aliphatic heterocycles. The fourth-order valence-electron chi connectivity index (χ4n) is 2.10. The standard InChI is InChI=1S/C13H17N5O2/c1-8-12(20)17-11(19)7-18(8)13-15-5-9(6-16-13)4-14-10-2-3-10/h5-6,8,10,14H,2-4,7H2,1H3,(H,17,19,20). The molecular formula is C13H17N5O2. The van der Waals surface area contributed by atoms with E-state index in [4.69, 9.17) is 0 Å². The summed E-state index contributed by atoms with van der Waals surface area (Å²) in [5.74, 6) is -0.226. The Hall–Kier alpha value is -2.02. The van der Waals surface area contributed by atoms with Crippen LogP contribution in [0.4, 0.5) is 5.95 Å². The molecule has 20 heavy (non-hydrogen) atoms. The van der Waals surface area contributed by atoms with Gasteiger partial charge in [-0.05, 0) is 19.8 Å². The third-order valence-corrected chi connectivity index (χ3v) is 3.54. The average Bonchev–Trinajstić information content (AvgIpc) is 3.25. The van der Waals surface area contributed by atoms with Crippen molar-refractivity contribution < 1.29 is 9.59 Å². The molecule has 1 saturated heterocycles. The molecule has 0 spiro atoms. The number of piperazine rings is 1. The SMILES string of the molecule is CC1C(=O)NC(=O)CN1c1ncc(CNC2CC2)cn1. The molecule has 2 heterocycles. The number of rotatable bonds is 4. The maximum atomic E-state index is 11.6. The number of aromatic nitrogens is 2. The van der Waals surface area contributed by atoms with Crippen LogP contribution in [0.25, 0.3) is 0 Å². The Morgan fingerprint density at radius 3 is 2.70 bits per heavy atom. The fraction of sp³-hybridized carbons (Fsp3) is 0.538. The molecule has 106 valence electrons. The van der Waals surface area contributed by atoms with Crippen molar-refractivity contribution >= 4 is 17.8 Å². The van der Waals surface area contributed by atoms with Gasteiger partial charge in [0.05, 0.1) is 0 Å². The minimum absolute atomic E-state index is 0.104. The maximum Gasteiger partial charge on any atom is 0.249 e. The first-order valence-electron chi connectivity index (χ1n) is 6.78. The molecule has 1 aromatic rings. The van der Waals surface area contributed by atoms with Gasteiger partial charge in [0.1, 0.15) is 12.6 Å². The molecule has 2 N–H and O–H groups in total. The van der Waals surface area contributed by atoms with E-state index in [-0.39, 0.29) is 18.4 Å². The Morgan fingerprint density at radius 2 is 2.05 bits per heavy atom. The van der Waals surface area contributed by atoms with Crippen LogP contribution in [0.15, 0.2) is 12.4 Å². The van der Waals surface area contributed by atoms with Crippen molar-refractivity contribution in [2.24, 2.45) is 0 Å². The van der Waals surface area contributed by atoms with Crippen LogP contribution in [0.1, 0.15) is 25.3 Å². The van der Waals surface area contributed by atoms with E-state index in [9.17, 15) is 9.59 Å². The highest BCUT2D eigenvalue weighted by molar-refractivity contribution is 6.04. The molecule has 1 aromatic heterocycles. The van der Waals surface area contributed by atoms with Crippen molar-refractivity contribution in [1.82, 2.24) is 20.6 Å². The van der Waals surface area contributed by atoms with Crippen LogP contribution in [0.5, 0.6) is 0 Å². The summed E-state index contributed by atoms with van der Waals surface area (Å²) in [6.45, 7) is 2.58. The Kier molecular flexibility index (Phi) is 3.35. The van der Waals surface area contributed by atoms with Crippen molar-refractivity contribution in [3.63, 3.8) is 0 Å². The third kappa shape index (κ3) is 2.77. The number of carbonyl (C=O) groups is 2. The monoisotopic (exact) mass is 275 g/mol. The smallest absolute Gasteiger partial charge is 0.249 e. The Balaban J connectivity index is 1.69. The van der Waals surface area contributed by atoms with Crippen molar-refractivity contribution in [2.75, 3.05) is 11.4 Å². The molecule has 7 heteroatoms. The number of nitrogens with zero attached hydrogens (tertiary/aromatic N) is 3. The topological polar surface area (TPSA) is 87.2 Å². The van der Waals surface area contributed by atoms with E-state index in [1.54, 1.807) is 24.2 Å². The largest absolute Gasteiger partial charge is 0.320 e. The predicted octanol–water partition coefficient (Wildman–Crippen LogP) is -0.420. The average molecular weight is 275 g/mol. The van der Waals surface area contributed by atoms with E-state index in [1.807, 2.05) is 0 Å². The molecule has 1 aliphatic carbocycles. The summed E-state index contributed by atoms with van der Waals surface area (Å²) in [7, 11) is 0. The quantitative estimate of drug-likeness (QED) is 0.726. The summed E-state index contributed by atoms with van der Waals surface area (Å²) in [5, 5.41) is 5.68. The van der Waals surface area contributed by atoms with Crippen molar-refractivity contribution in [2.45, 2.75) is 38.4 Å². The van der Waals surface area contributed by atoms with E-state index >= 15 is 0 Å². The molecule has 2 amide bonds. The molecule has 3 rings (SSSR count). The molecule has 1 atom stereocenters. The Morgan fingerprint density at radius 1 is 1.35 bits per heavy atom. The van der Waals surface area contributed by atoms with Crippen molar-refractivity contribution in [1.29, 1.82) is 0 Å². The zero-order valence-electron chi connectivity index (χ0n) is 11.3. The van der Waals surface area contributed by atoms with Crippen molar-refractivity contribution in [3.8, 4) is 0 Å². The van der Waals surface area contributed by atoms with E-state index in [2.05, 4.69) is 20.6 Å². The number of amides is 2. The summed E-state index contributed by atoms with van der Waals surface area (Å²) >= 11 is 0. The van der Waals surface area contributed by atoms with Crippen molar-refractivity contribution in [3.05, 3.63) is 18.0 Å². The van der Waals surface area contributed by atoms with Crippen LogP contribution >= 0.6 is 0 Å². The second-order valence-corrected chi connectivity index (χ2v) is 5.26. The lowest BCUT2D eigenvalue weighted by atomic mass is 10.2. The minimum Gasteiger partial charge on any atom is -0.320 e. The van der Waals surface area contributed by atoms with E-state index in [0.717, 1.165) is 12.1 Å². The number of hydrogen-bond acceptors (Lipinski definition) is 6. The molecule has 1 saturated carbocycles. The zero-order valence-corrected chi connectivity index (χ0v) is 11.3. The van der Waals surface area contributed by atoms with E-state index < -0.39 is 6.04 Å². The molecule has 1 unspecified atom stereocenters. The zero-order chi connectivity index (χ0) is 14.1. The molecule has 7 nitrogen and oxygen atoms in total. The van der Waals surface area contributed by atoms with Crippen LogP contribution in [0, 0.1) is 0 Å². The van der Waals surface area contributed by atoms with Gasteiger partial charge in [-0.3, -0.25) is 14.9 Å². The lowest BCUT2D eigenvalue weighted by Gasteiger charge is -2.31. The van der Waals surface area contributed by atoms with Gasteiger partial charge in [0.2, 0.25) is 17.8 Å². The van der Waals surface area contributed by atoms with Gasteiger partial charge in [0.25, 0.3) is 0 Å².